The average molecular weight is 250 g/mol. The highest BCUT2D eigenvalue weighted by Gasteiger charge is 2.19. The predicted octanol–water partition coefficient (Wildman–Crippen LogP) is 1.89. The van der Waals surface area contributed by atoms with Gasteiger partial charge in [0.2, 0.25) is 0 Å². The van der Waals surface area contributed by atoms with Crippen molar-refractivity contribution in [2.75, 3.05) is 24.5 Å². The number of imidazole rings is 1. The lowest BCUT2D eigenvalue weighted by atomic mass is 10.1. The van der Waals surface area contributed by atoms with Crippen molar-refractivity contribution in [1.29, 1.82) is 0 Å². The second kappa shape index (κ2) is 4.66. The van der Waals surface area contributed by atoms with Crippen LogP contribution in [-0.4, -0.2) is 29.0 Å². The molecule has 0 spiro atoms. The molecule has 0 atom stereocenters. The quantitative estimate of drug-likeness (QED) is 0.905. The summed E-state index contributed by atoms with van der Waals surface area (Å²) in [5.74, 6) is 1.17. The summed E-state index contributed by atoms with van der Waals surface area (Å²) in [7, 11) is 0. The molecule has 1 aliphatic heterocycles. The first kappa shape index (κ1) is 11.0. The number of hydrogen-bond acceptors (Lipinski definition) is 4. The van der Waals surface area contributed by atoms with Crippen LogP contribution in [0.4, 0.5) is 5.82 Å². The van der Waals surface area contributed by atoms with E-state index in [0.29, 0.717) is 6.54 Å². The number of aromatic nitrogens is 2. The van der Waals surface area contributed by atoms with Gasteiger partial charge in [-0.2, -0.15) is 0 Å². The fourth-order valence-electron chi connectivity index (χ4n) is 2.55. The summed E-state index contributed by atoms with van der Waals surface area (Å²) in [6.07, 6.45) is 6.93. The molecular weight excluding hydrogens is 232 g/mol. The van der Waals surface area contributed by atoms with Gasteiger partial charge in [0.25, 0.3) is 0 Å². The second-order valence-electron chi connectivity index (χ2n) is 4.52. The SMILES string of the molecule is NCCc1c(N2CCCCC2)nc2sccn12. The molecule has 0 bridgehead atoms. The van der Waals surface area contributed by atoms with Gasteiger partial charge in [-0.1, -0.05) is 0 Å². The van der Waals surface area contributed by atoms with Gasteiger partial charge in [-0.25, -0.2) is 4.98 Å². The topological polar surface area (TPSA) is 46.6 Å². The van der Waals surface area contributed by atoms with Gasteiger partial charge < -0.3 is 10.6 Å². The minimum atomic E-state index is 0.685. The molecule has 0 unspecified atom stereocenters. The van der Waals surface area contributed by atoms with E-state index in [1.807, 2.05) is 0 Å². The van der Waals surface area contributed by atoms with Crippen LogP contribution in [0, 0.1) is 0 Å². The fourth-order valence-corrected chi connectivity index (χ4v) is 3.28. The summed E-state index contributed by atoms with van der Waals surface area (Å²) >= 11 is 1.70. The van der Waals surface area contributed by atoms with Crippen molar-refractivity contribution < 1.29 is 0 Å². The smallest absolute Gasteiger partial charge is 0.195 e. The number of fused-ring (bicyclic) bond motifs is 1. The van der Waals surface area contributed by atoms with Gasteiger partial charge >= 0.3 is 0 Å². The van der Waals surface area contributed by atoms with Crippen LogP contribution in [0.25, 0.3) is 4.96 Å². The predicted molar refractivity (Wildman–Crippen MR) is 71.9 cm³/mol. The Morgan fingerprint density at radius 3 is 2.88 bits per heavy atom. The van der Waals surface area contributed by atoms with Crippen LogP contribution in [0.3, 0.4) is 0 Å². The Bertz CT molecular complexity index is 496. The molecule has 0 aromatic carbocycles. The maximum atomic E-state index is 5.72. The molecule has 17 heavy (non-hydrogen) atoms. The first-order valence-corrected chi connectivity index (χ1v) is 7.17. The molecule has 0 aliphatic carbocycles. The molecule has 1 aliphatic rings. The Hall–Kier alpha value is -1.07. The molecule has 2 aromatic rings. The van der Waals surface area contributed by atoms with Crippen LogP contribution >= 0.6 is 11.3 Å². The molecule has 3 heterocycles. The summed E-state index contributed by atoms with van der Waals surface area (Å²) in [4.78, 5) is 8.28. The van der Waals surface area contributed by atoms with Crippen LogP contribution < -0.4 is 10.6 Å². The molecule has 1 fully saturated rings. The lowest BCUT2D eigenvalue weighted by Gasteiger charge is -2.27. The molecule has 2 aromatic heterocycles. The number of rotatable bonds is 3. The van der Waals surface area contributed by atoms with E-state index < -0.39 is 0 Å². The lowest BCUT2D eigenvalue weighted by Crippen LogP contribution is -2.30. The van der Waals surface area contributed by atoms with E-state index in [0.717, 1.165) is 24.5 Å². The third-order valence-electron chi connectivity index (χ3n) is 3.38. The second-order valence-corrected chi connectivity index (χ2v) is 5.40. The van der Waals surface area contributed by atoms with E-state index in [1.165, 1.54) is 30.8 Å². The minimum Gasteiger partial charge on any atom is -0.355 e. The summed E-state index contributed by atoms with van der Waals surface area (Å²) in [6, 6.07) is 0. The van der Waals surface area contributed by atoms with Crippen molar-refractivity contribution in [3.8, 4) is 0 Å². The molecule has 5 heteroatoms. The maximum absolute atomic E-state index is 5.72. The Labute approximate surface area is 105 Å². The molecule has 0 radical (unpaired) electrons. The number of nitrogens with two attached hydrogens (primary N) is 1. The molecule has 0 amide bonds. The molecule has 0 saturated carbocycles. The zero-order valence-electron chi connectivity index (χ0n) is 9.93. The number of piperidine rings is 1. The van der Waals surface area contributed by atoms with Crippen molar-refractivity contribution in [1.82, 2.24) is 9.38 Å². The third-order valence-corrected chi connectivity index (χ3v) is 4.13. The first-order valence-electron chi connectivity index (χ1n) is 6.29. The van der Waals surface area contributed by atoms with E-state index in [2.05, 4.69) is 20.9 Å². The van der Waals surface area contributed by atoms with Gasteiger partial charge in [0.05, 0.1) is 5.69 Å². The van der Waals surface area contributed by atoms with Crippen molar-refractivity contribution in [2.45, 2.75) is 25.7 Å². The van der Waals surface area contributed by atoms with Crippen LogP contribution in [-0.2, 0) is 6.42 Å². The van der Waals surface area contributed by atoms with Crippen molar-refractivity contribution in [2.24, 2.45) is 5.73 Å². The van der Waals surface area contributed by atoms with Crippen LogP contribution in [0.1, 0.15) is 25.0 Å². The van der Waals surface area contributed by atoms with Crippen molar-refractivity contribution in [3.63, 3.8) is 0 Å². The third kappa shape index (κ3) is 1.93. The first-order chi connectivity index (χ1) is 8.40. The maximum Gasteiger partial charge on any atom is 0.195 e. The average Bonchev–Trinajstić information content (AvgIpc) is 2.93. The summed E-state index contributed by atoms with van der Waals surface area (Å²) in [5.41, 5.74) is 7.00. The molecule has 2 N–H and O–H groups in total. The Kier molecular flexibility index (Phi) is 3.03. The normalized spacial score (nSPS) is 16.9. The largest absolute Gasteiger partial charge is 0.355 e. The fraction of sp³-hybridized carbons (Fsp3) is 0.583. The van der Waals surface area contributed by atoms with E-state index in [4.69, 9.17) is 10.7 Å². The molecule has 92 valence electrons. The van der Waals surface area contributed by atoms with Crippen LogP contribution in [0.15, 0.2) is 11.6 Å². The van der Waals surface area contributed by atoms with Gasteiger partial charge in [-0.15, -0.1) is 11.3 Å². The molecular formula is C12H18N4S. The Morgan fingerprint density at radius 1 is 1.29 bits per heavy atom. The zero-order chi connectivity index (χ0) is 11.7. The number of hydrogen-bond donors (Lipinski definition) is 1. The standard InChI is InChI=1S/C12H18N4S/c13-5-4-10-11(15-6-2-1-3-7-15)14-12-16(10)8-9-17-12/h8-9H,1-7,13H2. The Balaban J connectivity index is 2.00. The van der Waals surface area contributed by atoms with Gasteiger partial charge in [0.1, 0.15) is 0 Å². The van der Waals surface area contributed by atoms with Crippen LogP contribution in [0.5, 0.6) is 0 Å². The summed E-state index contributed by atoms with van der Waals surface area (Å²) in [6.45, 7) is 2.97. The highest BCUT2D eigenvalue weighted by molar-refractivity contribution is 7.15. The van der Waals surface area contributed by atoms with E-state index in [9.17, 15) is 0 Å². The van der Waals surface area contributed by atoms with Crippen LogP contribution in [0.2, 0.25) is 0 Å². The minimum absolute atomic E-state index is 0.685. The number of thiazole rings is 1. The zero-order valence-corrected chi connectivity index (χ0v) is 10.7. The number of nitrogens with zero attached hydrogens (tertiary/aromatic N) is 3. The van der Waals surface area contributed by atoms with E-state index in [-0.39, 0.29) is 0 Å². The van der Waals surface area contributed by atoms with Crippen molar-refractivity contribution in [3.05, 3.63) is 17.3 Å². The van der Waals surface area contributed by atoms with Gasteiger partial charge in [0.15, 0.2) is 10.8 Å². The van der Waals surface area contributed by atoms with Crippen molar-refractivity contribution >= 4 is 22.1 Å². The Morgan fingerprint density at radius 2 is 2.12 bits per heavy atom. The highest BCUT2D eigenvalue weighted by Crippen LogP contribution is 2.27. The monoisotopic (exact) mass is 250 g/mol. The highest BCUT2D eigenvalue weighted by atomic mass is 32.1. The van der Waals surface area contributed by atoms with Gasteiger partial charge in [0, 0.05) is 31.1 Å². The van der Waals surface area contributed by atoms with E-state index in [1.54, 1.807) is 11.3 Å². The van der Waals surface area contributed by atoms with Gasteiger partial charge in [-0.05, 0) is 25.8 Å². The van der Waals surface area contributed by atoms with Gasteiger partial charge in [-0.3, -0.25) is 4.40 Å². The summed E-state index contributed by atoms with van der Waals surface area (Å²) in [5, 5.41) is 2.09. The number of anilines is 1. The molecule has 1 saturated heterocycles. The summed E-state index contributed by atoms with van der Waals surface area (Å²) < 4.78 is 2.20. The molecule has 3 rings (SSSR count). The lowest BCUT2D eigenvalue weighted by molar-refractivity contribution is 0.572. The van der Waals surface area contributed by atoms with E-state index >= 15 is 0 Å². The molecule has 4 nitrogen and oxygen atoms in total.